The molecule has 3 aromatic rings. The van der Waals surface area contributed by atoms with Gasteiger partial charge in [0.1, 0.15) is 5.75 Å². The van der Waals surface area contributed by atoms with Gasteiger partial charge in [0.15, 0.2) is 0 Å². The summed E-state index contributed by atoms with van der Waals surface area (Å²) in [5, 5.41) is 1.82. The van der Waals surface area contributed by atoms with Crippen molar-refractivity contribution in [3.8, 4) is 5.75 Å². The van der Waals surface area contributed by atoms with E-state index in [0.29, 0.717) is 23.5 Å². The van der Waals surface area contributed by atoms with Crippen molar-refractivity contribution in [1.29, 1.82) is 0 Å². The third-order valence-electron chi connectivity index (χ3n) is 4.04. The molecule has 4 heteroatoms. The fourth-order valence-corrected chi connectivity index (χ4v) is 2.62. The Hall–Kier alpha value is -3.14. The molecule has 0 spiro atoms. The Morgan fingerprint density at radius 2 is 1.58 bits per heavy atom. The van der Waals surface area contributed by atoms with E-state index in [9.17, 15) is 9.59 Å². The predicted octanol–water partition coefficient (Wildman–Crippen LogP) is 5.02. The topological polar surface area (TPSA) is 52.6 Å². The third kappa shape index (κ3) is 4.09. The summed E-state index contributed by atoms with van der Waals surface area (Å²) in [6.07, 6.45) is 1.81. The fourth-order valence-electron chi connectivity index (χ4n) is 2.62. The van der Waals surface area contributed by atoms with E-state index in [4.69, 9.17) is 9.47 Å². The van der Waals surface area contributed by atoms with Crippen molar-refractivity contribution < 1.29 is 19.1 Å². The van der Waals surface area contributed by atoms with E-state index in [1.165, 1.54) is 0 Å². The van der Waals surface area contributed by atoms with Crippen molar-refractivity contribution >= 4 is 22.7 Å². The molecule has 0 fully saturated rings. The molecule has 0 N–H and O–H groups in total. The second kappa shape index (κ2) is 8.30. The van der Waals surface area contributed by atoms with Gasteiger partial charge in [-0.2, -0.15) is 0 Å². The van der Waals surface area contributed by atoms with Crippen LogP contribution in [-0.2, 0) is 4.74 Å². The van der Waals surface area contributed by atoms with Gasteiger partial charge in [0.25, 0.3) is 0 Å². The monoisotopic (exact) mass is 348 g/mol. The average Bonchev–Trinajstić information content (AvgIpc) is 2.68. The van der Waals surface area contributed by atoms with E-state index >= 15 is 0 Å². The summed E-state index contributed by atoms with van der Waals surface area (Å²) >= 11 is 0. The lowest BCUT2D eigenvalue weighted by atomic mass is 10.0. The number of rotatable bonds is 6. The van der Waals surface area contributed by atoms with Gasteiger partial charge >= 0.3 is 11.9 Å². The Labute approximate surface area is 152 Å². The lowest BCUT2D eigenvalue weighted by molar-refractivity contribution is 0.0499. The highest BCUT2D eigenvalue weighted by Gasteiger charge is 2.13. The zero-order valence-corrected chi connectivity index (χ0v) is 14.6. The number of hydrogen-bond acceptors (Lipinski definition) is 4. The van der Waals surface area contributed by atoms with Crippen LogP contribution < -0.4 is 4.74 Å². The Bertz CT molecular complexity index is 908. The molecule has 0 atom stereocenters. The molecule has 0 unspecified atom stereocenters. The molecule has 0 radical (unpaired) electrons. The van der Waals surface area contributed by atoms with Crippen LogP contribution in [0.25, 0.3) is 10.8 Å². The zero-order chi connectivity index (χ0) is 18.4. The van der Waals surface area contributed by atoms with Crippen molar-refractivity contribution in [2.75, 3.05) is 6.61 Å². The first-order valence-electron chi connectivity index (χ1n) is 8.66. The van der Waals surface area contributed by atoms with Crippen LogP contribution in [0.5, 0.6) is 5.75 Å². The van der Waals surface area contributed by atoms with Crippen molar-refractivity contribution in [3.63, 3.8) is 0 Å². The van der Waals surface area contributed by atoms with E-state index in [2.05, 4.69) is 0 Å². The van der Waals surface area contributed by atoms with Crippen molar-refractivity contribution in [1.82, 2.24) is 0 Å². The lowest BCUT2D eigenvalue weighted by Crippen LogP contribution is -2.10. The zero-order valence-electron chi connectivity index (χ0n) is 14.6. The minimum atomic E-state index is -0.430. The number of hydrogen-bond donors (Lipinski definition) is 0. The van der Waals surface area contributed by atoms with Crippen LogP contribution in [0.15, 0.2) is 66.7 Å². The highest BCUT2D eigenvalue weighted by molar-refractivity contribution is 6.05. The summed E-state index contributed by atoms with van der Waals surface area (Å²) in [5.41, 5.74) is 0.942. The second-order valence-corrected chi connectivity index (χ2v) is 5.93. The standard InChI is InChI=1S/C22H20O4/c1-2-3-15-25-21(23)17-11-13-18(14-12-17)26-22(24)20-10-6-8-16-7-4-5-9-19(16)20/h4-14H,2-3,15H2,1H3. The molecule has 132 valence electrons. The molecule has 0 aliphatic rings. The van der Waals surface area contributed by atoms with E-state index in [-0.39, 0.29) is 5.97 Å². The second-order valence-electron chi connectivity index (χ2n) is 5.93. The maximum atomic E-state index is 12.5. The molecule has 0 aromatic heterocycles. The molecule has 0 saturated carbocycles. The largest absolute Gasteiger partial charge is 0.462 e. The SMILES string of the molecule is CCCCOC(=O)c1ccc(OC(=O)c2cccc3ccccc23)cc1. The first kappa shape index (κ1) is 17.7. The molecule has 3 rings (SSSR count). The molecule has 0 aliphatic heterocycles. The number of unbranched alkanes of at least 4 members (excludes halogenated alkanes) is 1. The highest BCUT2D eigenvalue weighted by atomic mass is 16.5. The molecule has 0 amide bonds. The Morgan fingerprint density at radius 1 is 0.846 bits per heavy atom. The number of esters is 2. The molecule has 0 bridgehead atoms. The van der Waals surface area contributed by atoms with Gasteiger partial charge in [-0.25, -0.2) is 9.59 Å². The van der Waals surface area contributed by atoms with Crippen LogP contribution in [-0.4, -0.2) is 18.5 Å². The van der Waals surface area contributed by atoms with Crippen LogP contribution in [0, 0.1) is 0 Å². The average molecular weight is 348 g/mol. The number of benzene rings is 3. The Kier molecular flexibility index (Phi) is 5.64. The summed E-state index contributed by atoms with van der Waals surface area (Å²) < 4.78 is 10.6. The Morgan fingerprint density at radius 3 is 2.35 bits per heavy atom. The minimum absolute atomic E-state index is 0.370. The summed E-state index contributed by atoms with van der Waals surface area (Å²) in [7, 11) is 0. The van der Waals surface area contributed by atoms with E-state index in [1.807, 2.05) is 43.3 Å². The number of ether oxygens (including phenoxy) is 2. The molecule has 0 aliphatic carbocycles. The van der Waals surface area contributed by atoms with Crippen molar-refractivity contribution in [2.45, 2.75) is 19.8 Å². The van der Waals surface area contributed by atoms with Gasteiger partial charge < -0.3 is 9.47 Å². The number of fused-ring (bicyclic) bond motifs is 1. The van der Waals surface area contributed by atoms with Crippen LogP contribution in [0.4, 0.5) is 0 Å². The predicted molar refractivity (Wildman–Crippen MR) is 101 cm³/mol. The third-order valence-corrected chi connectivity index (χ3v) is 4.04. The van der Waals surface area contributed by atoms with E-state index < -0.39 is 5.97 Å². The Balaban J connectivity index is 1.70. The fraction of sp³-hybridized carbons (Fsp3) is 0.182. The smallest absolute Gasteiger partial charge is 0.344 e. The maximum Gasteiger partial charge on any atom is 0.344 e. The molecular formula is C22H20O4. The van der Waals surface area contributed by atoms with Crippen LogP contribution in [0.2, 0.25) is 0 Å². The normalized spacial score (nSPS) is 10.5. The first-order chi connectivity index (χ1) is 12.7. The number of carbonyl (C=O) groups excluding carboxylic acids is 2. The van der Waals surface area contributed by atoms with Crippen LogP contribution in [0.1, 0.15) is 40.5 Å². The summed E-state index contributed by atoms with van der Waals surface area (Å²) in [6, 6.07) is 19.6. The summed E-state index contributed by atoms with van der Waals surface area (Å²) in [4.78, 5) is 24.4. The maximum absolute atomic E-state index is 12.5. The molecule has 0 heterocycles. The van der Waals surface area contributed by atoms with Crippen molar-refractivity contribution in [3.05, 3.63) is 77.9 Å². The van der Waals surface area contributed by atoms with E-state index in [1.54, 1.807) is 30.3 Å². The van der Waals surface area contributed by atoms with Crippen LogP contribution >= 0.6 is 0 Å². The molecular weight excluding hydrogens is 328 g/mol. The first-order valence-corrected chi connectivity index (χ1v) is 8.66. The highest BCUT2D eigenvalue weighted by Crippen LogP contribution is 2.21. The molecule has 26 heavy (non-hydrogen) atoms. The van der Waals surface area contributed by atoms with Crippen LogP contribution in [0.3, 0.4) is 0 Å². The van der Waals surface area contributed by atoms with Gasteiger partial charge in [0.2, 0.25) is 0 Å². The van der Waals surface area contributed by atoms with E-state index in [0.717, 1.165) is 23.6 Å². The summed E-state index contributed by atoms with van der Waals surface area (Å²) in [5.74, 6) is -0.418. The van der Waals surface area contributed by atoms with Crippen molar-refractivity contribution in [2.24, 2.45) is 0 Å². The van der Waals surface area contributed by atoms with Gasteiger partial charge in [-0.05, 0) is 47.5 Å². The van der Waals surface area contributed by atoms with Gasteiger partial charge in [-0.15, -0.1) is 0 Å². The molecule has 4 nitrogen and oxygen atoms in total. The van der Waals surface area contributed by atoms with Gasteiger partial charge in [0, 0.05) is 0 Å². The lowest BCUT2D eigenvalue weighted by Gasteiger charge is -2.08. The summed E-state index contributed by atoms with van der Waals surface area (Å²) in [6.45, 7) is 2.44. The molecule has 0 saturated heterocycles. The van der Waals surface area contributed by atoms with Gasteiger partial charge in [-0.3, -0.25) is 0 Å². The quantitative estimate of drug-likeness (QED) is 0.357. The van der Waals surface area contributed by atoms with Gasteiger partial charge in [-0.1, -0.05) is 49.7 Å². The van der Waals surface area contributed by atoms with Gasteiger partial charge in [0.05, 0.1) is 17.7 Å². The number of carbonyl (C=O) groups is 2. The molecule has 3 aromatic carbocycles. The minimum Gasteiger partial charge on any atom is -0.462 e.